The first kappa shape index (κ1) is 30.5. The van der Waals surface area contributed by atoms with E-state index in [1.165, 1.54) is 0 Å². The molecule has 2 aliphatic rings. The maximum atomic E-state index is 13.1. The normalized spacial score (nSPS) is 20.1. The Balaban J connectivity index is 1.19. The van der Waals surface area contributed by atoms with Crippen LogP contribution in [-0.2, 0) is 32.5 Å². The second-order valence-electron chi connectivity index (χ2n) is 11.1. The van der Waals surface area contributed by atoms with E-state index in [4.69, 9.17) is 32.7 Å². The van der Waals surface area contributed by atoms with Gasteiger partial charge in [0.25, 0.3) is 5.91 Å². The van der Waals surface area contributed by atoms with Gasteiger partial charge in [0.1, 0.15) is 6.61 Å². The number of fused-ring (bicyclic) bond motifs is 1. The van der Waals surface area contributed by atoms with Crippen LogP contribution in [0.2, 0.25) is 10.0 Å². The minimum Gasteiger partial charge on any atom is -0.481 e. The molecule has 2 fully saturated rings. The maximum Gasteiger partial charge on any atom is 0.306 e. The molecule has 3 aromatic rings. The molecule has 0 radical (unpaired) electrons. The molecule has 11 heteroatoms. The molecular weight excluding hydrogens is 581 g/mol. The van der Waals surface area contributed by atoms with Gasteiger partial charge in [-0.2, -0.15) is 0 Å². The third-order valence-electron chi connectivity index (χ3n) is 8.07. The SMILES string of the molecule is Cn1cc(C(=O)Nc2cc(Cl)c(CC(=O)COC(O[C@H]3CC[C@H](C(=O)O)CC3)N3CCCC3)cc2Cl)c2ccccc21. The fraction of sp³-hybridized carbons (Fsp3) is 0.452. The fourth-order valence-corrected chi connectivity index (χ4v) is 6.22. The lowest BCUT2D eigenvalue weighted by molar-refractivity contribution is -0.243. The lowest BCUT2D eigenvalue weighted by atomic mass is 9.87. The van der Waals surface area contributed by atoms with Crippen LogP contribution in [-0.4, -0.2) is 64.4 Å². The second-order valence-corrected chi connectivity index (χ2v) is 11.9. The molecule has 0 spiro atoms. The highest BCUT2D eigenvalue weighted by Gasteiger charge is 2.31. The van der Waals surface area contributed by atoms with Gasteiger partial charge in [0.2, 0.25) is 6.41 Å². The lowest BCUT2D eigenvalue weighted by Gasteiger charge is -2.33. The molecule has 1 amide bonds. The van der Waals surface area contributed by atoms with Crippen molar-refractivity contribution >= 4 is 57.5 Å². The predicted molar refractivity (Wildman–Crippen MR) is 161 cm³/mol. The third-order valence-corrected chi connectivity index (χ3v) is 8.74. The summed E-state index contributed by atoms with van der Waals surface area (Å²) < 4.78 is 14.1. The number of carbonyl (C=O) groups excluding carboxylic acids is 2. The molecule has 1 aromatic heterocycles. The number of aromatic nitrogens is 1. The van der Waals surface area contributed by atoms with Crippen LogP contribution in [0, 0.1) is 5.92 Å². The number of carbonyl (C=O) groups is 3. The Labute approximate surface area is 254 Å². The molecule has 1 unspecified atom stereocenters. The lowest BCUT2D eigenvalue weighted by Crippen LogP contribution is -2.42. The van der Waals surface area contributed by atoms with E-state index < -0.39 is 12.4 Å². The number of likely N-dealkylation sites (tertiary alicyclic amines) is 1. The summed E-state index contributed by atoms with van der Waals surface area (Å²) in [7, 11) is 1.88. The molecular formula is C31H35Cl2N3O6. The number of aryl methyl sites for hydroxylation is 1. The highest BCUT2D eigenvalue weighted by molar-refractivity contribution is 6.36. The minimum absolute atomic E-state index is 0.00649. The second kappa shape index (κ2) is 13.6. The number of nitrogens with zero attached hydrogens (tertiary/aromatic N) is 2. The molecule has 5 rings (SSSR count). The number of carboxylic acids is 1. The standard InChI is InChI=1S/C31H35Cl2N3O6/c1-35-17-24(23-6-2-3-7-28(23)35)29(38)34-27-16-25(32)20(15-26(27)33)14-21(37)18-41-31(36-12-4-5-13-36)42-22-10-8-19(9-11-22)30(39)40/h2-3,6-7,15-17,19,22,31H,4-5,8-14,18H2,1H3,(H,34,38)(H,39,40)/t19-,22-,31?. The van der Waals surface area contributed by atoms with Gasteiger partial charge < -0.3 is 24.5 Å². The number of anilines is 1. The van der Waals surface area contributed by atoms with Gasteiger partial charge in [-0.05, 0) is 62.3 Å². The topological polar surface area (TPSA) is 110 Å². The van der Waals surface area contributed by atoms with E-state index in [1.807, 2.05) is 35.9 Å². The number of amides is 1. The summed E-state index contributed by atoms with van der Waals surface area (Å²) in [5.74, 6) is -1.59. The highest BCUT2D eigenvalue weighted by atomic mass is 35.5. The van der Waals surface area contributed by atoms with Gasteiger partial charge in [-0.15, -0.1) is 0 Å². The Bertz CT molecular complexity index is 1460. The molecule has 1 saturated heterocycles. The summed E-state index contributed by atoms with van der Waals surface area (Å²) >= 11 is 13.0. The van der Waals surface area contributed by atoms with Crippen molar-refractivity contribution in [1.29, 1.82) is 0 Å². The zero-order chi connectivity index (χ0) is 29.8. The van der Waals surface area contributed by atoms with Crippen molar-refractivity contribution in [2.24, 2.45) is 13.0 Å². The Morgan fingerprint density at radius 1 is 1.05 bits per heavy atom. The van der Waals surface area contributed by atoms with E-state index >= 15 is 0 Å². The monoisotopic (exact) mass is 615 g/mol. The van der Waals surface area contributed by atoms with Crippen LogP contribution in [0.15, 0.2) is 42.6 Å². The first-order chi connectivity index (χ1) is 20.2. The van der Waals surface area contributed by atoms with Crippen molar-refractivity contribution in [1.82, 2.24) is 9.47 Å². The highest BCUT2D eigenvalue weighted by Crippen LogP contribution is 2.32. The molecule has 9 nitrogen and oxygen atoms in total. The molecule has 2 aromatic carbocycles. The van der Waals surface area contributed by atoms with E-state index in [0.717, 1.165) is 36.8 Å². The molecule has 1 aliphatic carbocycles. The summed E-state index contributed by atoms with van der Waals surface area (Å²) in [6, 6.07) is 10.8. The van der Waals surface area contributed by atoms with Crippen molar-refractivity contribution in [3.63, 3.8) is 0 Å². The zero-order valence-corrected chi connectivity index (χ0v) is 25.0. The quantitative estimate of drug-likeness (QED) is 0.258. The van der Waals surface area contributed by atoms with Crippen molar-refractivity contribution < 1.29 is 29.0 Å². The van der Waals surface area contributed by atoms with Crippen LogP contribution in [0.5, 0.6) is 0 Å². The van der Waals surface area contributed by atoms with Crippen molar-refractivity contribution in [2.45, 2.75) is 57.5 Å². The summed E-state index contributed by atoms with van der Waals surface area (Å²) in [6.45, 7) is 1.46. The molecule has 2 heterocycles. The van der Waals surface area contributed by atoms with Gasteiger partial charge in [-0.1, -0.05) is 41.4 Å². The largest absolute Gasteiger partial charge is 0.481 e. The van der Waals surface area contributed by atoms with E-state index in [2.05, 4.69) is 10.2 Å². The van der Waals surface area contributed by atoms with E-state index in [1.54, 1.807) is 18.3 Å². The average molecular weight is 617 g/mol. The van der Waals surface area contributed by atoms with Crippen LogP contribution in [0.4, 0.5) is 5.69 Å². The minimum atomic E-state index is -0.759. The third kappa shape index (κ3) is 7.15. The number of benzene rings is 2. The van der Waals surface area contributed by atoms with Gasteiger partial charge in [-0.3, -0.25) is 19.3 Å². The molecule has 224 valence electrons. The number of hydrogen-bond acceptors (Lipinski definition) is 6. The number of rotatable bonds is 11. The van der Waals surface area contributed by atoms with Crippen LogP contribution in [0.3, 0.4) is 0 Å². The molecule has 0 bridgehead atoms. The van der Waals surface area contributed by atoms with Crippen LogP contribution >= 0.6 is 23.2 Å². The predicted octanol–water partition coefficient (Wildman–Crippen LogP) is 5.91. The van der Waals surface area contributed by atoms with Crippen molar-refractivity contribution in [3.05, 3.63) is 63.8 Å². The number of ether oxygens (including phenoxy) is 2. The number of halogens is 2. The van der Waals surface area contributed by atoms with E-state index in [-0.39, 0.29) is 41.8 Å². The van der Waals surface area contributed by atoms with Crippen LogP contribution in [0.25, 0.3) is 10.9 Å². The summed E-state index contributed by atoms with van der Waals surface area (Å²) in [4.78, 5) is 39.4. The maximum absolute atomic E-state index is 13.1. The van der Waals surface area contributed by atoms with Gasteiger partial charge in [-0.25, -0.2) is 0 Å². The Morgan fingerprint density at radius 3 is 2.48 bits per heavy atom. The number of nitrogens with one attached hydrogen (secondary N) is 1. The molecule has 1 saturated carbocycles. The zero-order valence-electron chi connectivity index (χ0n) is 23.5. The summed E-state index contributed by atoms with van der Waals surface area (Å²) in [5, 5.41) is 13.5. The van der Waals surface area contributed by atoms with Crippen molar-refractivity contribution in [2.75, 3.05) is 25.0 Å². The van der Waals surface area contributed by atoms with Gasteiger partial charge in [0.05, 0.1) is 28.3 Å². The first-order valence-corrected chi connectivity index (χ1v) is 15.0. The van der Waals surface area contributed by atoms with Crippen LogP contribution in [0.1, 0.15) is 54.4 Å². The summed E-state index contributed by atoms with van der Waals surface area (Å²) in [5.41, 5.74) is 2.34. The molecule has 1 aliphatic heterocycles. The Morgan fingerprint density at radius 2 is 1.76 bits per heavy atom. The van der Waals surface area contributed by atoms with Crippen LogP contribution < -0.4 is 5.32 Å². The Kier molecular flexibility index (Phi) is 9.85. The number of para-hydroxylation sites is 1. The molecule has 42 heavy (non-hydrogen) atoms. The molecule has 2 N–H and O–H groups in total. The van der Waals surface area contributed by atoms with Gasteiger partial charge in [0, 0.05) is 48.7 Å². The van der Waals surface area contributed by atoms with Crippen molar-refractivity contribution in [3.8, 4) is 0 Å². The van der Waals surface area contributed by atoms with E-state index in [0.29, 0.717) is 47.5 Å². The number of carboxylic acid groups (broad SMARTS) is 1. The summed E-state index contributed by atoms with van der Waals surface area (Å²) in [6.07, 6.45) is 5.51. The molecule has 1 atom stereocenters. The van der Waals surface area contributed by atoms with E-state index in [9.17, 15) is 19.5 Å². The smallest absolute Gasteiger partial charge is 0.306 e. The Hall–Kier alpha value is -2.95. The number of hydrogen-bond donors (Lipinski definition) is 2. The fourth-order valence-electron chi connectivity index (χ4n) is 5.75. The number of aliphatic carboxylic acids is 1. The first-order valence-electron chi connectivity index (χ1n) is 14.3. The number of Topliss-reactive ketones (excluding diaryl/α,β-unsaturated/α-hetero) is 1. The van der Waals surface area contributed by atoms with Gasteiger partial charge >= 0.3 is 5.97 Å². The average Bonchev–Trinajstić information content (AvgIpc) is 3.63. The number of ketones is 1. The van der Waals surface area contributed by atoms with Gasteiger partial charge in [0.15, 0.2) is 5.78 Å².